The van der Waals surface area contributed by atoms with Gasteiger partial charge in [-0.1, -0.05) is 18.2 Å². The number of rotatable bonds is 3. The Bertz CT molecular complexity index is 875. The standard InChI is InChI=1S/C20H20F3N3O2/c1-14(27)15-4-2-6-17(12-15)24-19(28)26-10-8-25(9-11-26)18-7-3-5-16(13-18)20(21,22)23/h2-7,12-13H,8-11H2,1H3,(H,24,28). The van der Waals surface area contributed by atoms with Crippen molar-refractivity contribution in [1.82, 2.24) is 4.90 Å². The number of nitrogens with one attached hydrogen (secondary N) is 1. The predicted octanol–water partition coefficient (Wildman–Crippen LogP) is 4.26. The van der Waals surface area contributed by atoms with Gasteiger partial charge in [0.1, 0.15) is 0 Å². The molecule has 0 aromatic heterocycles. The summed E-state index contributed by atoms with van der Waals surface area (Å²) in [6, 6.07) is 11.6. The van der Waals surface area contributed by atoms with Crippen molar-refractivity contribution in [3.8, 4) is 0 Å². The maximum atomic E-state index is 12.9. The van der Waals surface area contributed by atoms with Gasteiger partial charge in [-0.2, -0.15) is 13.2 Å². The number of Topliss-reactive ketones (excluding diaryl/α,β-unsaturated/α-hetero) is 1. The van der Waals surface area contributed by atoms with Crippen LogP contribution in [0.5, 0.6) is 0 Å². The summed E-state index contributed by atoms with van der Waals surface area (Å²) in [5.41, 5.74) is 0.838. The number of urea groups is 1. The van der Waals surface area contributed by atoms with Gasteiger partial charge in [0.2, 0.25) is 0 Å². The Morgan fingerprint density at radius 3 is 2.29 bits per heavy atom. The monoisotopic (exact) mass is 391 g/mol. The Kier molecular flexibility index (Phi) is 5.58. The van der Waals surface area contributed by atoms with Gasteiger partial charge in [-0.05, 0) is 37.3 Å². The van der Waals surface area contributed by atoms with Gasteiger partial charge in [0.25, 0.3) is 0 Å². The van der Waals surface area contributed by atoms with E-state index in [4.69, 9.17) is 0 Å². The highest BCUT2D eigenvalue weighted by molar-refractivity contribution is 5.96. The molecule has 0 saturated carbocycles. The fourth-order valence-electron chi connectivity index (χ4n) is 3.07. The molecule has 3 rings (SSSR count). The van der Waals surface area contributed by atoms with Crippen LogP contribution >= 0.6 is 0 Å². The van der Waals surface area contributed by atoms with E-state index in [0.29, 0.717) is 43.1 Å². The number of piperazine rings is 1. The number of halogens is 3. The van der Waals surface area contributed by atoms with Gasteiger partial charge in [-0.15, -0.1) is 0 Å². The van der Waals surface area contributed by atoms with Gasteiger partial charge in [0.15, 0.2) is 5.78 Å². The van der Waals surface area contributed by atoms with E-state index < -0.39 is 11.7 Å². The van der Waals surface area contributed by atoms with E-state index in [2.05, 4.69) is 5.32 Å². The molecular formula is C20H20F3N3O2. The average molecular weight is 391 g/mol. The van der Waals surface area contributed by atoms with E-state index >= 15 is 0 Å². The molecule has 0 radical (unpaired) electrons. The van der Waals surface area contributed by atoms with Crippen molar-refractivity contribution < 1.29 is 22.8 Å². The van der Waals surface area contributed by atoms with Crippen molar-refractivity contribution in [1.29, 1.82) is 0 Å². The zero-order valence-corrected chi connectivity index (χ0v) is 15.3. The minimum absolute atomic E-state index is 0.0919. The van der Waals surface area contributed by atoms with Gasteiger partial charge < -0.3 is 15.1 Å². The first kappa shape index (κ1) is 19.7. The highest BCUT2D eigenvalue weighted by Gasteiger charge is 2.31. The molecule has 1 aliphatic rings. The number of carbonyl (C=O) groups excluding carboxylic acids is 2. The number of hydrogen-bond donors (Lipinski definition) is 1. The first-order valence-electron chi connectivity index (χ1n) is 8.83. The Labute approximate surface area is 160 Å². The fraction of sp³-hybridized carbons (Fsp3) is 0.300. The molecule has 148 valence electrons. The Balaban J connectivity index is 1.60. The van der Waals surface area contributed by atoms with Crippen LogP contribution in [-0.4, -0.2) is 42.9 Å². The molecular weight excluding hydrogens is 371 g/mol. The van der Waals surface area contributed by atoms with Crippen LogP contribution in [0.25, 0.3) is 0 Å². The number of carbonyl (C=O) groups is 2. The number of alkyl halides is 3. The van der Waals surface area contributed by atoms with E-state index in [0.717, 1.165) is 12.1 Å². The average Bonchev–Trinajstić information content (AvgIpc) is 2.68. The van der Waals surface area contributed by atoms with E-state index in [9.17, 15) is 22.8 Å². The van der Waals surface area contributed by atoms with Gasteiger partial charge >= 0.3 is 12.2 Å². The number of ketones is 1. The molecule has 1 aliphatic heterocycles. The summed E-state index contributed by atoms with van der Waals surface area (Å²) >= 11 is 0. The Hall–Kier alpha value is -3.03. The predicted molar refractivity (Wildman–Crippen MR) is 101 cm³/mol. The number of benzene rings is 2. The molecule has 5 nitrogen and oxygen atoms in total. The lowest BCUT2D eigenvalue weighted by atomic mass is 10.1. The van der Waals surface area contributed by atoms with Crippen LogP contribution in [0, 0.1) is 0 Å². The van der Waals surface area contributed by atoms with Crippen molar-refractivity contribution in [3.05, 3.63) is 59.7 Å². The van der Waals surface area contributed by atoms with Crippen molar-refractivity contribution in [2.75, 3.05) is 36.4 Å². The van der Waals surface area contributed by atoms with E-state index in [1.54, 1.807) is 35.2 Å². The first-order chi connectivity index (χ1) is 13.2. The third-order valence-corrected chi connectivity index (χ3v) is 4.63. The molecule has 28 heavy (non-hydrogen) atoms. The molecule has 1 heterocycles. The zero-order valence-electron chi connectivity index (χ0n) is 15.3. The lowest BCUT2D eigenvalue weighted by Crippen LogP contribution is -2.50. The van der Waals surface area contributed by atoms with E-state index in [1.165, 1.54) is 13.0 Å². The fourth-order valence-corrected chi connectivity index (χ4v) is 3.07. The molecule has 2 amide bonds. The molecule has 0 spiro atoms. The molecule has 0 unspecified atom stereocenters. The van der Waals surface area contributed by atoms with Gasteiger partial charge in [-0.25, -0.2) is 4.79 Å². The third kappa shape index (κ3) is 4.62. The van der Waals surface area contributed by atoms with Crippen LogP contribution in [-0.2, 0) is 6.18 Å². The van der Waals surface area contributed by atoms with Crippen molar-refractivity contribution in [3.63, 3.8) is 0 Å². The van der Waals surface area contributed by atoms with Crippen LogP contribution in [0.15, 0.2) is 48.5 Å². The van der Waals surface area contributed by atoms with Crippen LogP contribution < -0.4 is 10.2 Å². The molecule has 2 aromatic rings. The quantitative estimate of drug-likeness (QED) is 0.796. The Morgan fingerprint density at radius 2 is 1.64 bits per heavy atom. The normalized spacial score (nSPS) is 14.7. The lowest BCUT2D eigenvalue weighted by Gasteiger charge is -2.36. The third-order valence-electron chi connectivity index (χ3n) is 4.63. The van der Waals surface area contributed by atoms with Gasteiger partial charge in [0.05, 0.1) is 5.56 Å². The summed E-state index contributed by atoms with van der Waals surface area (Å²) in [7, 11) is 0. The van der Waals surface area contributed by atoms with Crippen molar-refractivity contribution in [2.45, 2.75) is 13.1 Å². The molecule has 8 heteroatoms. The topological polar surface area (TPSA) is 52.7 Å². The second-order valence-corrected chi connectivity index (χ2v) is 6.59. The second kappa shape index (κ2) is 7.92. The summed E-state index contributed by atoms with van der Waals surface area (Å²) in [5, 5.41) is 2.76. The number of amides is 2. The highest BCUT2D eigenvalue weighted by Crippen LogP contribution is 2.31. The van der Waals surface area contributed by atoms with Crippen LogP contribution in [0.3, 0.4) is 0 Å². The summed E-state index contributed by atoms with van der Waals surface area (Å²) in [4.78, 5) is 27.3. The lowest BCUT2D eigenvalue weighted by molar-refractivity contribution is -0.137. The SMILES string of the molecule is CC(=O)c1cccc(NC(=O)N2CCN(c3cccc(C(F)(F)F)c3)CC2)c1. The molecule has 1 fully saturated rings. The van der Waals surface area contributed by atoms with E-state index in [-0.39, 0.29) is 11.8 Å². The molecule has 0 aliphatic carbocycles. The minimum atomic E-state index is -4.38. The molecule has 2 aromatic carbocycles. The molecule has 1 N–H and O–H groups in total. The second-order valence-electron chi connectivity index (χ2n) is 6.59. The summed E-state index contributed by atoms with van der Waals surface area (Å²) in [6.45, 7) is 3.08. The maximum Gasteiger partial charge on any atom is 0.416 e. The summed E-state index contributed by atoms with van der Waals surface area (Å²) in [5.74, 6) is -0.0919. The van der Waals surface area contributed by atoms with Crippen LogP contribution in [0.2, 0.25) is 0 Å². The minimum Gasteiger partial charge on any atom is -0.368 e. The number of hydrogen-bond acceptors (Lipinski definition) is 3. The van der Waals surface area contributed by atoms with E-state index in [1.807, 2.05) is 4.90 Å². The molecule has 0 bridgehead atoms. The smallest absolute Gasteiger partial charge is 0.368 e. The van der Waals surface area contributed by atoms with Crippen molar-refractivity contribution in [2.24, 2.45) is 0 Å². The summed E-state index contributed by atoms with van der Waals surface area (Å²) < 4.78 is 38.7. The van der Waals surface area contributed by atoms with Crippen molar-refractivity contribution >= 4 is 23.2 Å². The Morgan fingerprint density at radius 1 is 0.964 bits per heavy atom. The summed E-state index contributed by atoms with van der Waals surface area (Å²) in [6.07, 6.45) is -4.38. The maximum absolute atomic E-state index is 12.9. The van der Waals surface area contributed by atoms with Gasteiger partial charge in [-0.3, -0.25) is 4.79 Å². The number of anilines is 2. The molecule has 0 atom stereocenters. The van der Waals surface area contributed by atoms with Crippen LogP contribution in [0.4, 0.5) is 29.3 Å². The number of nitrogens with zero attached hydrogens (tertiary/aromatic N) is 2. The largest absolute Gasteiger partial charge is 0.416 e. The zero-order chi connectivity index (χ0) is 20.3. The highest BCUT2D eigenvalue weighted by atomic mass is 19.4. The van der Waals surface area contributed by atoms with Gasteiger partial charge in [0, 0.05) is 43.1 Å². The first-order valence-corrected chi connectivity index (χ1v) is 8.83. The molecule has 1 saturated heterocycles. The van der Waals surface area contributed by atoms with Crippen LogP contribution in [0.1, 0.15) is 22.8 Å².